The van der Waals surface area contributed by atoms with Gasteiger partial charge in [0.2, 0.25) is 23.7 Å². The average molecular weight is 369 g/mol. The number of aromatic nitrogens is 2. The van der Waals surface area contributed by atoms with Crippen molar-refractivity contribution in [3.63, 3.8) is 0 Å². The number of imide groups is 1. The molecule has 2 atom stereocenters. The monoisotopic (exact) mass is 369 g/mol. The molecule has 1 aliphatic carbocycles. The summed E-state index contributed by atoms with van der Waals surface area (Å²) in [7, 11) is 0. The van der Waals surface area contributed by atoms with Crippen LogP contribution in [0.5, 0.6) is 0 Å². The normalized spacial score (nSPS) is 25.1. The van der Waals surface area contributed by atoms with Crippen molar-refractivity contribution in [2.24, 2.45) is 11.8 Å². The maximum atomic E-state index is 12.5. The first-order valence-corrected chi connectivity index (χ1v) is 9.45. The van der Waals surface area contributed by atoms with Crippen molar-refractivity contribution in [1.29, 1.82) is 0 Å². The summed E-state index contributed by atoms with van der Waals surface area (Å²) in [6, 6.07) is 1.77. The summed E-state index contributed by atoms with van der Waals surface area (Å²) < 4.78 is 0. The highest BCUT2D eigenvalue weighted by Gasteiger charge is 2.47. The number of amides is 3. The van der Waals surface area contributed by atoms with Gasteiger partial charge in [-0.25, -0.2) is 9.97 Å². The first kappa shape index (κ1) is 17.6. The minimum Gasteiger partial charge on any atom is -0.339 e. The lowest BCUT2D eigenvalue weighted by Gasteiger charge is -2.34. The van der Waals surface area contributed by atoms with Crippen molar-refractivity contribution in [3.8, 4) is 0 Å². The van der Waals surface area contributed by atoms with Gasteiger partial charge in [0.25, 0.3) is 0 Å². The van der Waals surface area contributed by atoms with Gasteiger partial charge in [-0.3, -0.25) is 19.3 Å². The van der Waals surface area contributed by atoms with Crippen molar-refractivity contribution < 1.29 is 14.4 Å². The van der Waals surface area contributed by atoms with Gasteiger partial charge in [-0.05, 0) is 18.9 Å². The van der Waals surface area contributed by atoms with E-state index in [4.69, 9.17) is 0 Å². The van der Waals surface area contributed by atoms with E-state index in [2.05, 4.69) is 14.9 Å². The van der Waals surface area contributed by atoms with Gasteiger partial charge < -0.3 is 9.80 Å². The Hall–Kier alpha value is -2.77. The molecule has 3 heterocycles. The number of nitrogens with zero attached hydrogens (tertiary/aromatic N) is 5. The quantitative estimate of drug-likeness (QED) is 0.566. The first-order valence-electron chi connectivity index (χ1n) is 9.45. The summed E-state index contributed by atoms with van der Waals surface area (Å²) in [4.78, 5) is 51.1. The highest BCUT2D eigenvalue weighted by atomic mass is 16.2. The van der Waals surface area contributed by atoms with Gasteiger partial charge >= 0.3 is 0 Å². The summed E-state index contributed by atoms with van der Waals surface area (Å²) in [5, 5.41) is 0. The van der Waals surface area contributed by atoms with E-state index in [-0.39, 0.29) is 42.5 Å². The molecule has 142 valence electrons. The minimum atomic E-state index is -0.230. The van der Waals surface area contributed by atoms with Crippen LogP contribution in [0.1, 0.15) is 19.3 Å². The molecule has 8 heteroatoms. The van der Waals surface area contributed by atoms with Crippen LogP contribution in [-0.2, 0) is 14.4 Å². The number of hydrogen-bond donors (Lipinski definition) is 0. The fraction of sp³-hybridized carbons (Fsp3) is 0.526. The second-order valence-electron chi connectivity index (χ2n) is 7.15. The number of likely N-dealkylation sites (tertiary alicyclic amines) is 1. The van der Waals surface area contributed by atoms with Gasteiger partial charge in [0, 0.05) is 51.5 Å². The van der Waals surface area contributed by atoms with E-state index in [1.165, 1.54) is 4.90 Å². The van der Waals surface area contributed by atoms with E-state index in [1.807, 2.05) is 12.2 Å². The predicted octanol–water partition coefficient (Wildman–Crippen LogP) is 0.466. The number of carbonyl (C=O) groups excluding carboxylic acids is 3. The maximum absolute atomic E-state index is 12.5. The number of piperazine rings is 1. The van der Waals surface area contributed by atoms with Crippen LogP contribution < -0.4 is 4.90 Å². The van der Waals surface area contributed by atoms with E-state index in [1.54, 1.807) is 23.4 Å². The third kappa shape index (κ3) is 3.43. The molecule has 0 N–H and O–H groups in total. The van der Waals surface area contributed by atoms with Crippen LogP contribution in [0.3, 0.4) is 0 Å². The lowest BCUT2D eigenvalue weighted by Crippen LogP contribution is -2.50. The summed E-state index contributed by atoms with van der Waals surface area (Å²) in [6.45, 7) is 2.72. The molecular weight excluding hydrogens is 346 g/mol. The molecule has 27 heavy (non-hydrogen) atoms. The molecule has 0 spiro atoms. The average Bonchev–Trinajstić information content (AvgIpc) is 2.97. The Bertz CT molecular complexity index is 732. The van der Waals surface area contributed by atoms with Gasteiger partial charge in [0.15, 0.2) is 0 Å². The maximum Gasteiger partial charge on any atom is 0.233 e. The fourth-order valence-corrected chi connectivity index (χ4v) is 4.07. The zero-order chi connectivity index (χ0) is 18.8. The number of fused-ring (bicyclic) bond motifs is 1. The molecule has 0 unspecified atom stereocenters. The predicted molar refractivity (Wildman–Crippen MR) is 97.5 cm³/mol. The summed E-state index contributed by atoms with van der Waals surface area (Å²) in [5.74, 6) is -0.0354. The van der Waals surface area contributed by atoms with Crippen molar-refractivity contribution >= 4 is 23.7 Å². The highest BCUT2D eigenvalue weighted by molar-refractivity contribution is 6.05. The van der Waals surface area contributed by atoms with Crippen LogP contribution in [0.15, 0.2) is 30.6 Å². The Kier molecular flexibility index (Phi) is 4.87. The molecule has 3 amide bonds. The molecule has 3 aliphatic rings. The van der Waals surface area contributed by atoms with Gasteiger partial charge in [0.05, 0.1) is 11.8 Å². The molecule has 0 radical (unpaired) electrons. The van der Waals surface area contributed by atoms with E-state index in [9.17, 15) is 14.4 Å². The number of hydrogen-bond acceptors (Lipinski definition) is 6. The lowest BCUT2D eigenvalue weighted by atomic mass is 9.85. The molecule has 0 bridgehead atoms. The molecule has 0 saturated carbocycles. The van der Waals surface area contributed by atoms with Gasteiger partial charge in [-0.1, -0.05) is 12.2 Å². The largest absolute Gasteiger partial charge is 0.339 e. The van der Waals surface area contributed by atoms with Crippen molar-refractivity contribution in [1.82, 2.24) is 19.8 Å². The third-order valence-electron chi connectivity index (χ3n) is 5.62. The molecule has 2 fully saturated rings. The number of rotatable bonds is 4. The second-order valence-corrected chi connectivity index (χ2v) is 7.15. The molecule has 1 aromatic rings. The van der Waals surface area contributed by atoms with E-state index >= 15 is 0 Å². The number of allylic oxidation sites excluding steroid dienone is 2. The van der Waals surface area contributed by atoms with Crippen molar-refractivity contribution in [3.05, 3.63) is 30.6 Å². The van der Waals surface area contributed by atoms with Crippen LogP contribution in [0.25, 0.3) is 0 Å². The van der Waals surface area contributed by atoms with Gasteiger partial charge in [-0.15, -0.1) is 0 Å². The zero-order valence-corrected chi connectivity index (χ0v) is 15.2. The standard InChI is InChI=1S/C19H23N5O3/c25-16(22-10-12-23(13-11-22)19-20-7-3-8-21-19)6-9-24-17(26)14-4-1-2-5-15(14)18(24)27/h1-3,7-8,14-15H,4-6,9-13H2/t14-,15+. The third-order valence-corrected chi connectivity index (χ3v) is 5.62. The van der Waals surface area contributed by atoms with Gasteiger partial charge in [0.1, 0.15) is 0 Å². The summed E-state index contributed by atoms with van der Waals surface area (Å²) in [6.07, 6.45) is 8.79. The molecule has 8 nitrogen and oxygen atoms in total. The zero-order valence-electron chi connectivity index (χ0n) is 15.2. The van der Waals surface area contributed by atoms with Crippen LogP contribution in [0.2, 0.25) is 0 Å². The van der Waals surface area contributed by atoms with Crippen molar-refractivity contribution in [2.45, 2.75) is 19.3 Å². The Balaban J connectivity index is 1.28. The van der Waals surface area contributed by atoms with E-state index in [0.717, 1.165) is 0 Å². The molecule has 1 aromatic heterocycles. The van der Waals surface area contributed by atoms with Gasteiger partial charge in [-0.2, -0.15) is 0 Å². The van der Waals surface area contributed by atoms with Crippen molar-refractivity contribution in [2.75, 3.05) is 37.6 Å². The SMILES string of the molecule is O=C(CCN1C(=O)[C@H]2CC=CC[C@H]2C1=O)N1CCN(c2ncccn2)CC1. The Morgan fingerprint density at radius 3 is 2.15 bits per heavy atom. The molecule has 0 aromatic carbocycles. The van der Waals surface area contributed by atoms with E-state index in [0.29, 0.717) is 45.0 Å². The first-order chi connectivity index (χ1) is 13.1. The smallest absolute Gasteiger partial charge is 0.233 e. The summed E-state index contributed by atoms with van der Waals surface area (Å²) in [5.41, 5.74) is 0. The topological polar surface area (TPSA) is 86.7 Å². The minimum absolute atomic E-state index is 0.0165. The number of carbonyl (C=O) groups is 3. The molecular formula is C19H23N5O3. The van der Waals surface area contributed by atoms with Crippen LogP contribution >= 0.6 is 0 Å². The summed E-state index contributed by atoms with van der Waals surface area (Å²) >= 11 is 0. The highest BCUT2D eigenvalue weighted by Crippen LogP contribution is 2.35. The molecule has 2 aliphatic heterocycles. The fourth-order valence-electron chi connectivity index (χ4n) is 4.07. The second kappa shape index (κ2) is 7.46. The Labute approximate surface area is 157 Å². The van der Waals surface area contributed by atoms with Crippen LogP contribution in [-0.4, -0.2) is 70.2 Å². The Morgan fingerprint density at radius 2 is 1.56 bits per heavy atom. The molecule has 2 saturated heterocycles. The van der Waals surface area contributed by atoms with Crippen LogP contribution in [0.4, 0.5) is 5.95 Å². The number of anilines is 1. The Morgan fingerprint density at radius 1 is 0.963 bits per heavy atom. The molecule has 4 rings (SSSR count). The van der Waals surface area contributed by atoms with E-state index < -0.39 is 0 Å². The van der Waals surface area contributed by atoms with Crippen LogP contribution in [0, 0.1) is 11.8 Å². The lowest BCUT2D eigenvalue weighted by molar-refractivity contribution is -0.140.